The zero-order valence-electron chi connectivity index (χ0n) is 15.6. The van der Waals surface area contributed by atoms with Crippen molar-refractivity contribution in [2.75, 3.05) is 6.54 Å². The number of hydrogen-bond acceptors (Lipinski definition) is 3. The van der Waals surface area contributed by atoms with Gasteiger partial charge in [0.15, 0.2) is 0 Å². The molecule has 3 aromatic rings. The van der Waals surface area contributed by atoms with Gasteiger partial charge in [0, 0.05) is 48.2 Å². The molecule has 0 spiro atoms. The lowest BCUT2D eigenvalue weighted by Gasteiger charge is -2.29. The van der Waals surface area contributed by atoms with Crippen LogP contribution in [0.4, 0.5) is 0 Å². The second kappa shape index (κ2) is 6.97. The summed E-state index contributed by atoms with van der Waals surface area (Å²) in [6, 6.07) is 8.56. The van der Waals surface area contributed by atoms with Crippen molar-refractivity contribution in [1.29, 1.82) is 0 Å². The van der Waals surface area contributed by atoms with E-state index in [2.05, 4.69) is 39.1 Å². The third-order valence-corrected chi connectivity index (χ3v) is 6.24. The Morgan fingerprint density at radius 1 is 1.15 bits per heavy atom. The molecule has 2 N–H and O–H groups in total. The summed E-state index contributed by atoms with van der Waals surface area (Å²) in [5, 5.41) is 1.28. The van der Waals surface area contributed by atoms with Crippen LogP contribution in [-0.2, 0) is 19.5 Å². The van der Waals surface area contributed by atoms with Gasteiger partial charge in [-0.3, -0.25) is 9.69 Å². The smallest absolute Gasteiger partial charge is 0.254 e. The number of rotatable bonds is 3. The van der Waals surface area contributed by atoms with Crippen molar-refractivity contribution in [3.63, 3.8) is 0 Å². The van der Waals surface area contributed by atoms with Crippen molar-refractivity contribution < 1.29 is 0 Å². The molecule has 0 bridgehead atoms. The monoisotopic (exact) mass is 362 g/mol. The fraction of sp³-hybridized carbons (Fsp3) is 0.455. The molecule has 0 unspecified atom stereocenters. The van der Waals surface area contributed by atoms with E-state index in [1.807, 2.05) is 6.20 Å². The van der Waals surface area contributed by atoms with Gasteiger partial charge in [-0.1, -0.05) is 31.4 Å². The molecule has 1 aromatic carbocycles. The molecular formula is C22H26N4O. The van der Waals surface area contributed by atoms with Crippen molar-refractivity contribution in [1.82, 2.24) is 19.9 Å². The summed E-state index contributed by atoms with van der Waals surface area (Å²) in [6.45, 7) is 2.56. The molecule has 2 aliphatic rings. The molecule has 5 rings (SSSR count). The predicted octanol–water partition coefficient (Wildman–Crippen LogP) is 3.86. The minimum Gasteiger partial charge on any atom is -0.361 e. The number of aromatic amines is 2. The fourth-order valence-electron chi connectivity index (χ4n) is 4.75. The maximum Gasteiger partial charge on any atom is 0.254 e. The van der Waals surface area contributed by atoms with Gasteiger partial charge in [-0.15, -0.1) is 0 Å². The summed E-state index contributed by atoms with van der Waals surface area (Å²) in [5.41, 5.74) is 4.49. The summed E-state index contributed by atoms with van der Waals surface area (Å²) in [4.78, 5) is 26.4. The van der Waals surface area contributed by atoms with Crippen molar-refractivity contribution >= 4 is 10.9 Å². The van der Waals surface area contributed by atoms with E-state index in [-0.39, 0.29) is 5.56 Å². The van der Waals surface area contributed by atoms with E-state index in [1.165, 1.54) is 35.7 Å². The molecule has 0 atom stereocenters. The molecule has 3 heterocycles. The summed E-state index contributed by atoms with van der Waals surface area (Å²) in [5.74, 6) is 1.36. The summed E-state index contributed by atoms with van der Waals surface area (Å²) in [6.07, 6.45) is 8.89. The number of hydrogen-bond donors (Lipinski definition) is 2. The van der Waals surface area contributed by atoms with Gasteiger partial charge in [0.05, 0.1) is 5.69 Å². The van der Waals surface area contributed by atoms with Crippen LogP contribution in [0.15, 0.2) is 35.3 Å². The summed E-state index contributed by atoms with van der Waals surface area (Å²) in [7, 11) is 0. The average Bonchev–Trinajstić information content (AvgIpc) is 3.18. The Morgan fingerprint density at radius 2 is 2.04 bits per heavy atom. The van der Waals surface area contributed by atoms with Gasteiger partial charge in [0.1, 0.15) is 5.82 Å². The number of nitrogens with zero attached hydrogens (tertiary/aromatic N) is 2. The molecule has 2 aromatic heterocycles. The topological polar surface area (TPSA) is 64.8 Å². The van der Waals surface area contributed by atoms with Crippen molar-refractivity contribution in [3.05, 3.63) is 63.5 Å². The van der Waals surface area contributed by atoms with E-state index < -0.39 is 0 Å². The Labute approximate surface area is 158 Å². The van der Waals surface area contributed by atoms with Gasteiger partial charge in [-0.25, -0.2) is 4.98 Å². The first kappa shape index (κ1) is 16.8. The first-order valence-corrected chi connectivity index (χ1v) is 10.2. The van der Waals surface area contributed by atoms with Gasteiger partial charge < -0.3 is 9.97 Å². The Balaban J connectivity index is 1.40. The second-order valence-electron chi connectivity index (χ2n) is 8.03. The Morgan fingerprint density at radius 3 is 2.93 bits per heavy atom. The lowest BCUT2D eigenvalue weighted by Crippen LogP contribution is -2.35. The lowest BCUT2D eigenvalue weighted by molar-refractivity contribution is 0.240. The number of fused-ring (bicyclic) bond motifs is 2. The van der Waals surface area contributed by atoms with Crippen molar-refractivity contribution in [2.24, 2.45) is 0 Å². The maximum absolute atomic E-state index is 12.6. The van der Waals surface area contributed by atoms with Gasteiger partial charge in [0.2, 0.25) is 0 Å². The van der Waals surface area contributed by atoms with Gasteiger partial charge in [0.25, 0.3) is 5.56 Å². The zero-order valence-corrected chi connectivity index (χ0v) is 15.6. The molecule has 5 nitrogen and oxygen atoms in total. The van der Waals surface area contributed by atoms with Crippen LogP contribution >= 0.6 is 0 Å². The van der Waals surface area contributed by atoms with Crippen LogP contribution in [0.2, 0.25) is 0 Å². The van der Waals surface area contributed by atoms with Crippen LogP contribution in [0.3, 0.4) is 0 Å². The van der Waals surface area contributed by atoms with E-state index in [4.69, 9.17) is 4.98 Å². The lowest BCUT2D eigenvalue weighted by atomic mass is 9.88. The number of H-pyrrole nitrogens is 2. The normalized spacial score (nSPS) is 18.7. The van der Waals surface area contributed by atoms with Crippen molar-refractivity contribution in [3.8, 4) is 0 Å². The Bertz CT molecular complexity index is 1010. The largest absolute Gasteiger partial charge is 0.361 e. The van der Waals surface area contributed by atoms with Crippen LogP contribution < -0.4 is 5.56 Å². The van der Waals surface area contributed by atoms with E-state index in [0.717, 1.165) is 56.0 Å². The maximum atomic E-state index is 12.6. The highest BCUT2D eigenvalue weighted by Gasteiger charge is 2.24. The first-order valence-electron chi connectivity index (χ1n) is 10.2. The van der Waals surface area contributed by atoms with E-state index in [0.29, 0.717) is 5.92 Å². The average molecular weight is 362 g/mol. The molecule has 1 fully saturated rings. The molecule has 0 saturated heterocycles. The molecular weight excluding hydrogens is 336 g/mol. The highest BCUT2D eigenvalue weighted by molar-refractivity contribution is 5.82. The summed E-state index contributed by atoms with van der Waals surface area (Å²) < 4.78 is 0. The predicted molar refractivity (Wildman–Crippen MR) is 107 cm³/mol. The van der Waals surface area contributed by atoms with Crippen LogP contribution in [-0.4, -0.2) is 26.4 Å². The van der Waals surface area contributed by atoms with E-state index in [1.54, 1.807) is 0 Å². The molecule has 1 aliphatic carbocycles. The molecule has 1 aliphatic heterocycles. The fourth-order valence-corrected chi connectivity index (χ4v) is 4.75. The van der Waals surface area contributed by atoms with Crippen LogP contribution in [0.25, 0.3) is 10.9 Å². The Kier molecular flexibility index (Phi) is 4.32. The zero-order chi connectivity index (χ0) is 18.2. The molecule has 0 radical (unpaired) electrons. The highest BCUT2D eigenvalue weighted by atomic mass is 16.1. The van der Waals surface area contributed by atoms with Gasteiger partial charge in [-0.05, 0) is 37.0 Å². The van der Waals surface area contributed by atoms with Gasteiger partial charge >= 0.3 is 0 Å². The second-order valence-corrected chi connectivity index (χ2v) is 8.03. The molecule has 0 amide bonds. The number of aromatic nitrogens is 3. The first-order chi connectivity index (χ1) is 13.3. The summed E-state index contributed by atoms with van der Waals surface area (Å²) >= 11 is 0. The molecule has 5 heteroatoms. The van der Waals surface area contributed by atoms with Crippen LogP contribution in [0, 0.1) is 0 Å². The number of benzene rings is 1. The third kappa shape index (κ3) is 3.21. The highest BCUT2D eigenvalue weighted by Crippen LogP contribution is 2.31. The van der Waals surface area contributed by atoms with Crippen molar-refractivity contribution in [2.45, 2.75) is 57.5 Å². The van der Waals surface area contributed by atoms with Crippen LogP contribution in [0.5, 0.6) is 0 Å². The molecule has 1 saturated carbocycles. The third-order valence-electron chi connectivity index (χ3n) is 6.24. The molecule has 27 heavy (non-hydrogen) atoms. The minimum absolute atomic E-state index is 0.0907. The van der Waals surface area contributed by atoms with E-state index in [9.17, 15) is 4.79 Å². The van der Waals surface area contributed by atoms with E-state index >= 15 is 0 Å². The molecule has 140 valence electrons. The Hall–Kier alpha value is -2.40. The minimum atomic E-state index is 0.0907. The van der Waals surface area contributed by atoms with Crippen LogP contribution in [0.1, 0.15) is 60.7 Å². The SMILES string of the molecule is O=c1[nH]c(C2CCCCC2)nc2c1CCN(Cc1cccc3[nH]ccc13)C2. The van der Waals surface area contributed by atoms with Gasteiger partial charge in [-0.2, -0.15) is 0 Å². The quantitative estimate of drug-likeness (QED) is 0.744. The number of nitrogens with one attached hydrogen (secondary N) is 2. The standard InChI is InChI=1S/C22H26N4O/c27-22-18-10-12-26(13-16-7-4-8-19-17(16)9-11-23-19)14-20(18)24-21(25-22)15-5-2-1-3-6-15/h4,7-9,11,15,23H,1-3,5-6,10,12-14H2,(H,24,25,27).